The number of nitrogens with zero attached hydrogens (tertiary/aromatic N) is 2. The summed E-state index contributed by atoms with van der Waals surface area (Å²) in [7, 11) is 4.10. The van der Waals surface area contributed by atoms with Crippen molar-refractivity contribution in [3.63, 3.8) is 0 Å². The second-order valence-electron chi connectivity index (χ2n) is 4.08. The van der Waals surface area contributed by atoms with E-state index in [2.05, 4.69) is 30.4 Å². The fraction of sp³-hybridized carbons (Fsp3) is 0.900. The number of nitrogens with one attached hydrogen (secondary N) is 1. The largest absolute Gasteiger partial charge is 0.308 e. The fourth-order valence-electron chi connectivity index (χ4n) is 1.58. The summed E-state index contributed by atoms with van der Waals surface area (Å²) in [5.74, 6) is 2.15. The molecule has 1 atom stereocenters. The minimum Gasteiger partial charge on any atom is -0.308 e. The molecule has 1 heterocycles. The minimum absolute atomic E-state index is 0.251. The second-order valence-corrected chi connectivity index (χ2v) is 5.19. The van der Waals surface area contributed by atoms with E-state index in [0.29, 0.717) is 0 Å². The molecule has 1 saturated heterocycles. The molecule has 1 N–H and O–H groups in total. The highest BCUT2D eigenvalue weighted by atomic mass is 32.2. The Balaban J connectivity index is 2.34. The van der Waals surface area contributed by atoms with E-state index in [0.717, 1.165) is 31.7 Å². The third-order valence-electron chi connectivity index (χ3n) is 2.48. The van der Waals surface area contributed by atoms with Crippen LogP contribution in [0.15, 0.2) is 0 Å². The highest BCUT2D eigenvalue weighted by Crippen LogP contribution is 2.25. The number of hydrogen-bond donors (Lipinski definition) is 1. The van der Waals surface area contributed by atoms with E-state index in [1.807, 2.05) is 11.8 Å². The van der Waals surface area contributed by atoms with E-state index < -0.39 is 0 Å². The van der Waals surface area contributed by atoms with Gasteiger partial charge in [-0.15, -0.1) is 0 Å². The first-order chi connectivity index (χ1) is 6.68. The highest BCUT2D eigenvalue weighted by Gasteiger charge is 2.31. The number of hydrogen-bond acceptors (Lipinski definition) is 4. The van der Waals surface area contributed by atoms with Crippen LogP contribution in [0.4, 0.5) is 0 Å². The molecule has 1 unspecified atom stereocenters. The van der Waals surface area contributed by atoms with Gasteiger partial charge in [0.1, 0.15) is 5.54 Å². The summed E-state index contributed by atoms with van der Waals surface area (Å²) in [5, 5.41) is 12.6. The predicted octanol–water partition coefficient (Wildman–Crippen LogP) is 0.927. The molecule has 0 amide bonds. The SMILES string of the molecule is CN(C)CCNC1(C#N)CCCSC1. The Hall–Kier alpha value is -0.240. The van der Waals surface area contributed by atoms with Gasteiger partial charge in [0.05, 0.1) is 6.07 Å². The van der Waals surface area contributed by atoms with Crippen molar-refractivity contribution < 1.29 is 0 Å². The van der Waals surface area contributed by atoms with Gasteiger partial charge in [-0.1, -0.05) is 0 Å². The Morgan fingerprint density at radius 2 is 2.36 bits per heavy atom. The number of nitriles is 1. The van der Waals surface area contributed by atoms with E-state index >= 15 is 0 Å². The molecule has 14 heavy (non-hydrogen) atoms. The molecule has 80 valence electrons. The molecule has 1 fully saturated rings. The summed E-state index contributed by atoms with van der Waals surface area (Å²) in [5.41, 5.74) is -0.251. The van der Waals surface area contributed by atoms with E-state index in [1.54, 1.807) is 0 Å². The fourth-order valence-corrected chi connectivity index (χ4v) is 2.73. The molecule has 0 aromatic rings. The van der Waals surface area contributed by atoms with Crippen LogP contribution in [0.3, 0.4) is 0 Å². The minimum atomic E-state index is -0.251. The Morgan fingerprint density at radius 3 is 2.86 bits per heavy atom. The summed E-state index contributed by atoms with van der Waals surface area (Å²) in [6.07, 6.45) is 2.16. The van der Waals surface area contributed by atoms with Gasteiger partial charge >= 0.3 is 0 Å². The Morgan fingerprint density at radius 1 is 1.57 bits per heavy atom. The smallest absolute Gasteiger partial charge is 0.115 e. The van der Waals surface area contributed by atoms with Gasteiger partial charge in [0.2, 0.25) is 0 Å². The molecule has 3 nitrogen and oxygen atoms in total. The molecule has 0 aromatic heterocycles. The topological polar surface area (TPSA) is 39.1 Å². The van der Waals surface area contributed by atoms with Crippen molar-refractivity contribution in [2.45, 2.75) is 18.4 Å². The average Bonchev–Trinajstić information content (AvgIpc) is 2.19. The van der Waals surface area contributed by atoms with Crippen molar-refractivity contribution >= 4 is 11.8 Å². The van der Waals surface area contributed by atoms with Crippen LogP contribution in [0.1, 0.15) is 12.8 Å². The van der Waals surface area contributed by atoms with Gasteiger partial charge in [0.15, 0.2) is 0 Å². The van der Waals surface area contributed by atoms with E-state index in [-0.39, 0.29) is 5.54 Å². The van der Waals surface area contributed by atoms with Gasteiger partial charge < -0.3 is 4.90 Å². The van der Waals surface area contributed by atoms with Gasteiger partial charge in [0.25, 0.3) is 0 Å². The number of likely N-dealkylation sites (N-methyl/N-ethyl adjacent to an activating group) is 1. The Kier molecular flexibility index (Phi) is 4.73. The summed E-state index contributed by atoms with van der Waals surface area (Å²) in [6, 6.07) is 2.44. The van der Waals surface area contributed by atoms with Crippen molar-refractivity contribution in [2.75, 3.05) is 38.7 Å². The predicted molar refractivity (Wildman–Crippen MR) is 61.5 cm³/mol. The summed E-state index contributed by atoms with van der Waals surface area (Å²) >= 11 is 1.89. The Labute approximate surface area is 90.8 Å². The van der Waals surface area contributed by atoms with Crippen molar-refractivity contribution in [2.24, 2.45) is 0 Å². The van der Waals surface area contributed by atoms with E-state index in [1.165, 1.54) is 5.75 Å². The number of rotatable bonds is 4. The molecule has 1 aliphatic heterocycles. The summed E-state index contributed by atoms with van der Waals surface area (Å²) in [4.78, 5) is 2.13. The lowest BCUT2D eigenvalue weighted by Gasteiger charge is -2.31. The normalized spacial score (nSPS) is 27.6. The van der Waals surface area contributed by atoms with E-state index in [4.69, 9.17) is 5.26 Å². The van der Waals surface area contributed by atoms with Crippen molar-refractivity contribution in [3.05, 3.63) is 0 Å². The van der Waals surface area contributed by atoms with Gasteiger partial charge in [-0.2, -0.15) is 17.0 Å². The molecule has 0 spiro atoms. The molecule has 0 bridgehead atoms. The molecule has 1 rings (SSSR count). The standard InChI is InChI=1S/C10H19N3S/c1-13(2)6-5-12-10(8-11)4-3-7-14-9-10/h12H,3-7,9H2,1-2H3. The molecule has 0 radical (unpaired) electrons. The highest BCUT2D eigenvalue weighted by molar-refractivity contribution is 7.99. The molecule has 1 aliphatic rings. The van der Waals surface area contributed by atoms with Crippen LogP contribution in [0.2, 0.25) is 0 Å². The zero-order valence-corrected chi connectivity index (χ0v) is 9.86. The molecular formula is C10H19N3S. The second kappa shape index (κ2) is 5.59. The van der Waals surface area contributed by atoms with Crippen LogP contribution >= 0.6 is 11.8 Å². The van der Waals surface area contributed by atoms with Crippen LogP contribution in [-0.4, -0.2) is 49.1 Å². The van der Waals surface area contributed by atoms with Gasteiger partial charge in [-0.3, -0.25) is 5.32 Å². The lowest BCUT2D eigenvalue weighted by Crippen LogP contribution is -2.50. The molecule has 0 aliphatic carbocycles. The number of thioether (sulfide) groups is 1. The van der Waals surface area contributed by atoms with Gasteiger partial charge in [0, 0.05) is 18.8 Å². The first-order valence-electron chi connectivity index (χ1n) is 5.07. The maximum Gasteiger partial charge on any atom is 0.115 e. The van der Waals surface area contributed by atoms with Crippen LogP contribution in [0.5, 0.6) is 0 Å². The molecular weight excluding hydrogens is 194 g/mol. The maximum atomic E-state index is 9.17. The average molecular weight is 213 g/mol. The molecule has 4 heteroatoms. The monoisotopic (exact) mass is 213 g/mol. The van der Waals surface area contributed by atoms with Crippen molar-refractivity contribution in [3.8, 4) is 6.07 Å². The van der Waals surface area contributed by atoms with Crippen LogP contribution < -0.4 is 5.32 Å². The lowest BCUT2D eigenvalue weighted by atomic mass is 9.97. The quantitative estimate of drug-likeness (QED) is 0.754. The van der Waals surface area contributed by atoms with E-state index in [9.17, 15) is 0 Å². The zero-order chi connectivity index (χ0) is 10.4. The third kappa shape index (κ3) is 3.49. The van der Waals surface area contributed by atoms with Crippen LogP contribution in [0.25, 0.3) is 0 Å². The van der Waals surface area contributed by atoms with Gasteiger partial charge in [-0.25, -0.2) is 0 Å². The van der Waals surface area contributed by atoms with Gasteiger partial charge in [-0.05, 0) is 32.7 Å². The lowest BCUT2D eigenvalue weighted by molar-refractivity contribution is 0.352. The third-order valence-corrected chi connectivity index (χ3v) is 3.75. The first-order valence-corrected chi connectivity index (χ1v) is 6.23. The first kappa shape index (κ1) is 11.8. The molecule has 0 aromatic carbocycles. The van der Waals surface area contributed by atoms with Crippen LogP contribution in [0, 0.1) is 11.3 Å². The Bertz CT molecular complexity index is 204. The maximum absolute atomic E-state index is 9.17. The zero-order valence-electron chi connectivity index (χ0n) is 9.05. The van der Waals surface area contributed by atoms with Crippen LogP contribution in [-0.2, 0) is 0 Å². The summed E-state index contributed by atoms with van der Waals surface area (Å²) < 4.78 is 0. The summed E-state index contributed by atoms with van der Waals surface area (Å²) in [6.45, 7) is 1.90. The van der Waals surface area contributed by atoms with Crippen molar-refractivity contribution in [1.82, 2.24) is 10.2 Å². The van der Waals surface area contributed by atoms with Crippen molar-refractivity contribution in [1.29, 1.82) is 5.26 Å². The molecule has 0 saturated carbocycles.